The van der Waals surface area contributed by atoms with Gasteiger partial charge in [-0.3, -0.25) is 14.8 Å². The Balaban J connectivity index is 0.000000153. The minimum atomic E-state index is -1.41. The van der Waals surface area contributed by atoms with Gasteiger partial charge >= 0.3 is 110 Å². The van der Waals surface area contributed by atoms with Crippen LogP contribution in [-0.4, -0.2) is 52.3 Å². The summed E-state index contributed by atoms with van der Waals surface area (Å²) in [7, 11) is -3.19. The van der Waals surface area contributed by atoms with Crippen molar-refractivity contribution >= 4 is 195 Å². The van der Waals surface area contributed by atoms with Crippen LogP contribution in [0.4, 0.5) is 0 Å². The third-order valence-electron chi connectivity index (χ3n) is 24.4. The molecule has 3 heterocycles. The molecule has 0 unspecified atom stereocenters. The molecule has 1 fully saturated rings. The van der Waals surface area contributed by atoms with Gasteiger partial charge in [0.05, 0.1) is 0 Å². The summed E-state index contributed by atoms with van der Waals surface area (Å²) in [5.41, 5.74) is 7.36. The number of nitrogens with zero attached hydrogens (tertiary/aromatic N) is 2. The third-order valence-corrected chi connectivity index (χ3v) is 34.9. The van der Waals surface area contributed by atoms with Crippen LogP contribution >= 0.6 is 47.6 Å². The zero-order chi connectivity index (χ0) is 99.2. The van der Waals surface area contributed by atoms with Crippen molar-refractivity contribution in [2.75, 3.05) is 13.2 Å². The van der Waals surface area contributed by atoms with Crippen LogP contribution in [0.1, 0.15) is 14.3 Å². The Hall–Kier alpha value is -11.3. The van der Waals surface area contributed by atoms with Crippen molar-refractivity contribution < 1.29 is 160 Å². The van der Waals surface area contributed by atoms with E-state index in [1.54, 1.807) is 24.5 Å². The SMILES string of the molecule is Brc1ccc2ccc3cccc4ccc1c2c34.C1CCOC1.O.O=CO[O-].OB(O)c1ccc(-c2cccnc2)cc1.[H-].[K+].[K+].[Pd].c1ccc(P(c2ccccc2)c2ccccc2)cc1.c1ccc(P(c2ccccc2)c2ccccc2)cc1.c1ccc(P(c2ccccc2)c2ccccc2)cc1.c1ccc(P(c2ccccc2)c2ccccc2)cc1.c1cncc(-c2ccc(-c3ccc4ccc5cccc6ccc3c4c56)cc2)c1. The molecule has 726 valence electrons. The molecule has 0 radical (unpaired) electrons. The number of carbonyl (C=O) groups excluding carboxylic acids is 1. The first kappa shape index (κ1) is 115. The normalized spacial score (nSPS) is 10.9. The molecule has 1 aliphatic heterocycles. The van der Waals surface area contributed by atoms with Crippen LogP contribution in [0, 0.1) is 0 Å². The molecule has 9 nitrogen and oxygen atoms in total. The van der Waals surface area contributed by atoms with E-state index in [0.29, 0.717) is 5.46 Å². The van der Waals surface area contributed by atoms with E-state index in [-0.39, 0.29) is 137 Å². The van der Waals surface area contributed by atoms with E-state index in [9.17, 15) is 0 Å². The third kappa shape index (κ3) is 31.5. The summed E-state index contributed by atoms with van der Waals surface area (Å²) in [6.45, 7) is 1.82. The summed E-state index contributed by atoms with van der Waals surface area (Å²) in [6, 6.07) is 193. The first-order chi connectivity index (χ1) is 71.7. The average Bonchev–Trinajstić information content (AvgIpc) is 0.776. The predicted octanol–water partition coefficient (Wildman–Crippen LogP) is 19.4. The van der Waals surface area contributed by atoms with Crippen LogP contribution < -0.4 is 177 Å². The number of aromatic nitrogens is 2. The zero-order valence-electron chi connectivity index (χ0n) is 83.7. The van der Waals surface area contributed by atoms with Crippen molar-refractivity contribution in [2.24, 2.45) is 0 Å². The number of carbonyl (C=O) groups is 1. The fourth-order valence-electron chi connectivity index (χ4n) is 17.7. The number of halogens is 1. The van der Waals surface area contributed by atoms with Crippen molar-refractivity contribution in [2.45, 2.75) is 12.8 Å². The maximum atomic E-state index is 8.93. The largest absolute Gasteiger partial charge is 1.00 e. The molecule has 0 saturated carbocycles. The van der Waals surface area contributed by atoms with E-state index in [1.807, 2.05) is 42.7 Å². The summed E-state index contributed by atoms with van der Waals surface area (Å²) in [4.78, 5) is 19.5. The Kier molecular flexibility index (Phi) is 47.2. The minimum Gasteiger partial charge on any atom is -1.00 e. The van der Waals surface area contributed by atoms with Crippen LogP contribution in [-0.2, 0) is 34.8 Å². The molecule has 1 aliphatic rings. The molecule has 24 aromatic rings. The number of rotatable bonds is 17. The van der Waals surface area contributed by atoms with Gasteiger partial charge in [-0.25, -0.2) is 0 Å². The van der Waals surface area contributed by atoms with Gasteiger partial charge in [0, 0.05) is 62.9 Å². The number of benzene rings is 22. The summed E-state index contributed by atoms with van der Waals surface area (Å²) in [5.74, 6) is 0. The number of ether oxygens (including phenoxy) is 1. The average molecular weight is 2220 g/mol. The molecule has 0 atom stereocenters. The van der Waals surface area contributed by atoms with E-state index in [4.69, 9.17) is 24.8 Å². The molecule has 0 amide bonds. The molecular weight excluding hydrogens is 2110 g/mol. The number of pyridine rings is 2. The van der Waals surface area contributed by atoms with Gasteiger partial charge in [0.25, 0.3) is 6.47 Å². The Morgan fingerprint density at radius 1 is 0.275 bits per heavy atom. The van der Waals surface area contributed by atoms with Gasteiger partial charge in [0.2, 0.25) is 0 Å². The van der Waals surface area contributed by atoms with E-state index in [1.165, 1.54) is 162 Å². The fourth-order valence-corrected chi connectivity index (χ4v) is 27.4. The van der Waals surface area contributed by atoms with Crippen molar-refractivity contribution in [3.05, 3.63) is 575 Å². The monoisotopic (exact) mass is 2220 g/mol. The second-order valence-corrected chi connectivity index (χ2v) is 43.5. The molecule has 0 spiro atoms. The number of hydrogen-bond acceptors (Lipinski definition) is 8. The Labute approximate surface area is 987 Å². The summed E-state index contributed by atoms with van der Waals surface area (Å²) < 4.78 is 6.11. The maximum Gasteiger partial charge on any atom is 1.00 e. The minimum absolute atomic E-state index is 0. The Bertz CT molecular complexity index is 7110. The topological polar surface area (TPSA) is 156 Å². The Morgan fingerprint density at radius 3 is 0.745 bits per heavy atom. The summed E-state index contributed by atoms with van der Waals surface area (Å²) in [6.07, 6.45) is 9.76. The maximum absolute atomic E-state index is 8.93. The first-order valence-electron chi connectivity index (χ1n) is 48.2. The van der Waals surface area contributed by atoms with Crippen LogP contribution in [0.25, 0.3) is 98.0 Å². The molecule has 1 saturated heterocycles. The van der Waals surface area contributed by atoms with Crippen LogP contribution in [0.15, 0.2) is 575 Å². The van der Waals surface area contributed by atoms with Crippen LogP contribution in [0.3, 0.4) is 0 Å². The van der Waals surface area contributed by atoms with E-state index in [2.05, 4.69) is 534 Å². The van der Waals surface area contributed by atoms with Gasteiger partial charge in [-0.15, -0.1) is 0 Å². The van der Waals surface area contributed by atoms with Gasteiger partial charge in [0.15, 0.2) is 0 Å². The van der Waals surface area contributed by atoms with Crippen molar-refractivity contribution in [1.82, 2.24) is 9.97 Å². The predicted molar refractivity (Wildman–Crippen MR) is 629 cm³/mol. The van der Waals surface area contributed by atoms with Crippen molar-refractivity contribution in [3.8, 4) is 33.4 Å². The van der Waals surface area contributed by atoms with Crippen molar-refractivity contribution in [3.63, 3.8) is 0 Å². The molecule has 149 heavy (non-hydrogen) atoms. The smallest absolute Gasteiger partial charge is 1.00 e. The van der Waals surface area contributed by atoms with Crippen molar-refractivity contribution in [1.29, 1.82) is 0 Å². The van der Waals surface area contributed by atoms with Gasteiger partial charge in [-0.2, -0.15) is 0 Å². The van der Waals surface area contributed by atoms with E-state index in [0.717, 1.165) is 29.9 Å². The Morgan fingerprint density at radius 2 is 0.503 bits per heavy atom. The van der Waals surface area contributed by atoms with Gasteiger partial charge < -0.3 is 31.8 Å². The molecule has 18 heteroatoms. The molecule has 4 N–H and O–H groups in total. The second-order valence-electron chi connectivity index (χ2n) is 33.8. The quantitative estimate of drug-likeness (QED) is 0.0228. The molecule has 0 bridgehead atoms. The standard InChI is InChI=1S/C27H17N.4C18H15P.C16H9Br.C11H10BNO2.C4H8O.CH2O3.2K.H2O.Pd.H/c1-3-20-10-11-22-12-14-24(25-15-13-21(4-1)26(20)27(22)25)19-8-6-18(7-9-19)23-5-2-16-28-17-23;4*1-4-10-16(11-5-1)19(17-12-6-2-7-13-17)18-14-8-3-9-15-18;17-14-9-7-12-5-4-10-2-1-3-11-6-8-13(14)16(12)15(10)11;14-12(15)11-5-3-9(4-6-11)10-2-1-7-13-8-10;1-2-4-5-3-1;2-1-4-3;;;;;/h1-17H;4*1-15H;1-9H;1-8,14-15H;1-4H2;1,3H;;;1H2;;/q;;;;;;;;;2*+1;;;-1/p-1. The van der Waals surface area contributed by atoms with E-state index < -0.39 is 38.8 Å². The molecule has 0 aliphatic carbocycles. The van der Waals surface area contributed by atoms with Crippen LogP contribution in [0.5, 0.6) is 0 Å². The number of hydrogen-bond donors (Lipinski definition) is 2. The molecule has 25 rings (SSSR count). The zero-order valence-corrected chi connectivity index (χ0v) is 95.6. The first-order valence-corrected chi connectivity index (χ1v) is 54.3. The molecular formula is C131H108BBrK2N2O7P4Pd. The van der Waals surface area contributed by atoms with Crippen LogP contribution in [0.2, 0.25) is 0 Å². The molecule has 2 aromatic heterocycles. The van der Waals surface area contributed by atoms with Gasteiger partial charge in [-0.05, 0) is 230 Å². The van der Waals surface area contributed by atoms with E-state index >= 15 is 0 Å². The molecule has 22 aromatic carbocycles. The van der Waals surface area contributed by atoms with Gasteiger partial charge in [0.1, 0.15) is 0 Å². The summed E-state index contributed by atoms with van der Waals surface area (Å²) >= 11 is 3.64. The fraction of sp³-hybridized carbons (Fsp3) is 0.0305. The second kappa shape index (κ2) is 61.3. The van der Waals surface area contributed by atoms with Gasteiger partial charge in [-0.1, -0.05) is 544 Å². The summed E-state index contributed by atoms with van der Waals surface area (Å²) in [5, 5.41) is 59.0.